The minimum absolute atomic E-state index is 0.480. The average Bonchev–Trinajstić information content (AvgIpc) is 2.97. The number of aromatic nitrogens is 2. The molecular formula is C13H23N3S. The molecule has 1 aromatic heterocycles. The van der Waals surface area contributed by atoms with Gasteiger partial charge in [-0.25, -0.2) is 0 Å². The van der Waals surface area contributed by atoms with E-state index in [1.807, 2.05) is 0 Å². The van der Waals surface area contributed by atoms with Gasteiger partial charge in [-0.15, -0.1) is 5.10 Å². The van der Waals surface area contributed by atoms with Gasteiger partial charge in [-0.2, -0.15) is 0 Å². The third-order valence-corrected chi connectivity index (χ3v) is 4.16. The first-order chi connectivity index (χ1) is 8.22. The van der Waals surface area contributed by atoms with Crippen LogP contribution in [0.4, 0.5) is 0 Å². The van der Waals surface area contributed by atoms with Crippen molar-refractivity contribution in [3.63, 3.8) is 0 Å². The number of hydrogen-bond acceptors (Lipinski definition) is 4. The second kappa shape index (κ2) is 5.91. The molecular weight excluding hydrogens is 230 g/mol. The molecule has 1 saturated carbocycles. The van der Waals surface area contributed by atoms with Gasteiger partial charge in [0, 0.05) is 6.04 Å². The first kappa shape index (κ1) is 13.0. The second-order valence-electron chi connectivity index (χ2n) is 5.36. The van der Waals surface area contributed by atoms with E-state index in [9.17, 15) is 0 Å². The van der Waals surface area contributed by atoms with Gasteiger partial charge in [-0.3, -0.25) is 0 Å². The van der Waals surface area contributed by atoms with Crippen molar-refractivity contribution < 1.29 is 0 Å². The topological polar surface area (TPSA) is 37.8 Å². The zero-order chi connectivity index (χ0) is 12.3. The molecule has 0 bridgehead atoms. The Morgan fingerprint density at radius 1 is 1.41 bits per heavy atom. The Kier molecular flexibility index (Phi) is 4.51. The fourth-order valence-corrected chi connectivity index (χ4v) is 3.03. The maximum Gasteiger partial charge on any atom is 0.0829 e. The molecule has 0 aliphatic heterocycles. The summed E-state index contributed by atoms with van der Waals surface area (Å²) in [6.07, 6.45) is 5.27. The molecule has 1 atom stereocenters. The molecule has 96 valence electrons. The molecule has 17 heavy (non-hydrogen) atoms. The highest BCUT2D eigenvalue weighted by Gasteiger charge is 2.29. The van der Waals surface area contributed by atoms with Crippen LogP contribution in [0.1, 0.15) is 69.0 Å². The summed E-state index contributed by atoms with van der Waals surface area (Å²) in [6, 6.07) is 0.486. The van der Waals surface area contributed by atoms with Gasteiger partial charge in [0.15, 0.2) is 0 Å². The normalized spacial score (nSPS) is 17.6. The van der Waals surface area contributed by atoms with Crippen molar-refractivity contribution in [2.24, 2.45) is 5.92 Å². The van der Waals surface area contributed by atoms with Crippen molar-refractivity contribution in [1.29, 1.82) is 0 Å². The number of nitrogens with one attached hydrogen (secondary N) is 1. The molecule has 0 amide bonds. The summed E-state index contributed by atoms with van der Waals surface area (Å²) in [4.78, 5) is 1.38. The van der Waals surface area contributed by atoms with Crippen LogP contribution in [-0.2, 0) is 0 Å². The Hall–Kier alpha value is -0.480. The van der Waals surface area contributed by atoms with Crippen LogP contribution in [0.5, 0.6) is 0 Å². The van der Waals surface area contributed by atoms with E-state index in [-0.39, 0.29) is 0 Å². The van der Waals surface area contributed by atoms with Crippen LogP contribution in [0.2, 0.25) is 0 Å². The van der Waals surface area contributed by atoms with Crippen LogP contribution in [0.15, 0.2) is 0 Å². The van der Waals surface area contributed by atoms with Crippen molar-refractivity contribution in [3.05, 3.63) is 10.6 Å². The van der Waals surface area contributed by atoms with Crippen LogP contribution < -0.4 is 5.32 Å². The maximum absolute atomic E-state index is 4.30. The monoisotopic (exact) mass is 253 g/mol. The summed E-state index contributed by atoms with van der Waals surface area (Å²) >= 11 is 1.58. The standard InChI is InChI=1S/C13H23N3S/c1-4-7-14-11(8-10-5-6-10)13-12(9(2)3)15-16-17-13/h9-11,14H,4-8H2,1-3H3. The molecule has 1 aliphatic rings. The summed E-state index contributed by atoms with van der Waals surface area (Å²) in [7, 11) is 0. The van der Waals surface area contributed by atoms with E-state index in [1.165, 1.54) is 36.3 Å². The minimum atomic E-state index is 0.480. The van der Waals surface area contributed by atoms with E-state index in [0.29, 0.717) is 12.0 Å². The molecule has 0 saturated heterocycles. The van der Waals surface area contributed by atoms with Crippen molar-refractivity contribution in [1.82, 2.24) is 14.9 Å². The van der Waals surface area contributed by atoms with E-state index in [1.54, 1.807) is 11.5 Å². The molecule has 2 rings (SSSR count). The van der Waals surface area contributed by atoms with E-state index in [4.69, 9.17) is 0 Å². The average molecular weight is 253 g/mol. The Bertz CT molecular complexity index is 344. The third-order valence-electron chi connectivity index (χ3n) is 3.31. The molecule has 3 nitrogen and oxygen atoms in total. The lowest BCUT2D eigenvalue weighted by Gasteiger charge is -2.18. The van der Waals surface area contributed by atoms with E-state index in [0.717, 1.165) is 12.5 Å². The first-order valence-corrected chi connectivity index (χ1v) is 7.55. The van der Waals surface area contributed by atoms with Gasteiger partial charge in [0.1, 0.15) is 0 Å². The zero-order valence-corrected chi connectivity index (χ0v) is 11.9. The van der Waals surface area contributed by atoms with Crippen LogP contribution in [0, 0.1) is 5.92 Å². The SMILES string of the molecule is CCCNC(CC1CC1)c1snnc1C(C)C. The van der Waals surface area contributed by atoms with E-state index >= 15 is 0 Å². The molecule has 1 aliphatic carbocycles. The molecule has 0 spiro atoms. The Morgan fingerprint density at radius 2 is 2.18 bits per heavy atom. The van der Waals surface area contributed by atoms with E-state index in [2.05, 4.69) is 35.7 Å². The maximum atomic E-state index is 4.30. The first-order valence-electron chi connectivity index (χ1n) is 6.77. The molecule has 1 heterocycles. The second-order valence-corrected chi connectivity index (χ2v) is 6.15. The minimum Gasteiger partial charge on any atom is -0.309 e. The summed E-state index contributed by atoms with van der Waals surface area (Å²) in [5, 5.41) is 7.97. The Balaban J connectivity index is 2.08. The van der Waals surface area contributed by atoms with Crippen molar-refractivity contribution in [3.8, 4) is 0 Å². The molecule has 4 heteroatoms. The van der Waals surface area contributed by atoms with Crippen LogP contribution in [-0.4, -0.2) is 16.1 Å². The summed E-state index contributed by atoms with van der Waals surface area (Å²) in [5.74, 6) is 1.42. The lowest BCUT2D eigenvalue weighted by Crippen LogP contribution is -2.23. The van der Waals surface area contributed by atoms with Crippen LogP contribution in [0.25, 0.3) is 0 Å². The van der Waals surface area contributed by atoms with Crippen molar-refractivity contribution >= 4 is 11.5 Å². The van der Waals surface area contributed by atoms with Crippen molar-refractivity contribution in [2.75, 3.05) is 6.54 Å². The smallest absolute Gasteiger partial charge is 0.0829 e. The highest BCUT2D eigenvalue weighted by atomic mass is 32.1. The number of nitrogens with zero attached hydrogens (tertiary/aromatic N) is 2. The van der Waals surface area contributed by atoms with Gasteiger partial charge in [0.05, 0.1) is 10.6 Å². The quantitative estimate of drug-likeness (QED) is 0.808. The molecule has 1 fully saturated rings. The van der Waals surface area contributed by atoms with Crippen molar-refractivity contribution in [2.45, 2.75) is 58.4 Å². The molecule has 1 aromatic rings. The molecule has 0 aromatic carbocycles. The lowest BCUT2D eigenvalue weighted by atomic mass is 10.0. The van der Waals surface area contributed by atoms with Gasteiger partial charge < -0.3 is 5.32 Å². The molecule has 1 unspecified atom stereocenters. The predicted molar refractivity (Wildman–Crippen MR) is 72.4 cm³/mol. The van der Waals surface area contributed by atoms with Gasteiger partial charge in [-0.1, -0.05) is 38.1 Å². The van der Waals surface area contributed by atoms with Gasteiger partial charge in [-0.05, 0) is 42.8 Å². The summed E-state index contributed by atoms with van der Waals surface area (Å²) in [6.45, 7) is 7.71. The van der Waals surface area contributed by atoms with Gasteiger partial charge in [0.2, 0.25) is 0 Å². The highest BCUT2D eigenvalue weighted by Crippen LogP contribution is 2.39. The number of hydrogen-bond donors (Lipinski definition) is 1. The number of rotatable bonds is 7. The van der Waals surface area contributed by atoms with E-state index < -0.39 is 0 Å². The fraction of sp³-hybridized carbons (Fsp3) is 0.846. The Labute approximate surface area is 108 Å². The fourth-order valence-electron chi connectivity index (χ4n) is 2.14. The van der Waals surface area contributed by atoms with Crippen LogP contribution in [0.3, 0.4) is 0 Å². The Morgan fingerprint density at radius 3 is 2.76 bits per heavy atom. The largest absolute Gasteiger partial charge is 0.309 e. The van der Waals surface area contributed by atoms with Gasteiger partial charge in [0.25, 0.3) is 0 Å². The van der Waals surface area contributed by atoms with Gasteiger partial charge >= 0.3 is 0 Å². The molecule has 0 radical (unpaired) electrons. The summed E-state index contributed by atoms with van der Waals surface area (Å²) < 4.78 is 4.15. The molecule has 1 N–H and O–H groups in total. The predicted octanol–water partition coefficient (Wildman–Crippen LogP) is 3.50. The lowest BCUT2D eigenvalue weighted by molar-refractivity contribution is 0.475. The summed E-state index contributed by atoms with van der Waals surface area (Å²) in [5.41, 5.74) is 1.20. The third kappa shape index (κ3) is 3.49. The van der Waals surface area contributed by atoms with Crippen LogP contribution >= 0.6 is 11.5 Å². The highest BCUT2D eigenvalue weighted by molar-refractivity contribution is 7.05. The zero-order valence-electron chi connectivity index (χ0n) is 11.1.